The molecule has 0 N–H and O–H groups in total. The molecule has 0 atom stereocenters. The lowest BCUT2D eigenvalue weighted by atomic mass is 10.1. The van der Waals surface area contributed by atoms with E-state index >= 15 is 0 Å². The second-order valence-corrected chi connectivity index (χ2v) is 6.15. The Kier molecular flexibility index (Phi) is 4.81. The molecule has 2 aliphatic rings. The van der Waals surface area contributed by atoms with E-state index in [2.05, 4.69) is 36.2 Å². The van der Waals surface area contributed by atoms with Crippen LogP contribution in [0.2, 0.25) is 0 Å². The van der Waals surface area contributed by atoms with Crippen LogP contribution in [0.15, 0.2) is 30.4 Å². The molecule has 3 rings (SSSR count). The van der Waals surface area contributed by atoms with Gasteiger partial charge in [-0.05, 0) is 43.5 Å². The second kappa shape index (κ2) is 6.99. The van der Waals surface area contributed by atoms with E-state index in [1.54, 1.807) is 0 Å². The van der Waals surface area contributed by atoms with Crippen LogP contribution in [0.25, 0.3) is 0 Å². The Hall–Kier alpha value is -1.48. The first-order valence-electron chi connectivity index (χ1n) is 8.05. The van der Waals surface area contributed by atoms with Gasteiger partial charge in [0.25, 0.3) is 0 Å². The van der Waals surface area contributed by atoms with E-state index in [9.17, 15) is 0 Å². The van der Waals surface area contributed by atoms with Crippen molar-refractivity contribution in [1.82, 2.24) is 4.90 Å². The Morgan fingerprint density at radius 3 is 2.71 bits per heavy atom. The van der Waals surface area contributed by atoms with Crippen molar-refractivity contribution in [3.8, 4) is 11.5 Å². The van der Waals surface area contributed by atoms with Gasteiger partial charge in [-0.1, -0.05) is 31.1 Å². The molecule has 1 heterocycles. The van der Waals surface area contributed by atoms with Crippen molar-refractivity contribution in [2.75, 3.05) is 26.8 Å². The van der Waals surface area contributed by atoms with E-state index in [0.29, 0.717) is 13.2 Å². The Balaban J connectivity index is 1.51. The van der Waals surface area contributed by atoms with Crippen LogP contribution in [-0.4, -0.2) is 31.7 Å². The third kappa shape index (κ3) is 4.01. The molecular weight excluding hydrogens is 262 g/mol. The molecule has 1 fully saturated rings. The van der Waals surface area contributed by atoms with Crippen LogP contribution in [0.3, 0.4) is 0 Å². The number of likely N-dealkylation sites (N-methyl/N-ethyl adjacent to an activating group) is 1. The van der Waals surface area contributed by atoms with Crippen molar-refractivity contribution in [2.24, 2.45) is 5.92 Å². The van der Waals surface area contributed by atoms with Gasteiger partial charge in [-0.15, -0.1) is 0 Å². The molecule has 3 heteroatoms. The molecule has 1 aromatic carbocycles. The number of rotatable bonds is 5. The summed E-state index contributed by atoms with van der Waals surface area (Å²) < 4.78 is 11.2. The fraction of sp³-hybridized carbons (Fsp3) is 0.556. The van der Waals surface area contributed by atoms with Gasteiger partial charge >= 0.3 is 0 Å². The number of ether oxygens (including phenoxy) is 2. The lowest BCUT2D eigenvalue weighted by Crippen LogP contribution is -2.19. The van der Waals surface area contributed by atoms with Gasteiger partial charge in [0.05, 0.1) is 0 Å². The third-order valence-electron chi connectivity index (χ3n) is 4.28. The first kappa shape index (κ1) is 14.5. The maximum Gasteiger partial charge on any atom is 0.161 e. The third-order valence-corrected chi connectivity index (χ3v) is 4.28. The summed E-state index contributed by atoms with van der Waals surface area (Å²) in [5, 5.41) is 0. The highest BCUT2D eigenvalue weighted by Crippen LogP contribution is 2.31. The lowest BCUT2D eigenvalue weighted by molar-refractivity contribution is 0.171. The average molecular weight is 287 g/mol. The van der Waals surface area contributed by atoms with Crippen molar-refractivity contribution in [2.45, 2.75) is 32.2 Å². The summed E-state index contributed by atoms with van der Waals surface area (Å²) in [6.07, 6.45) is 10.3. The highest BCUT2D eigenvalue weighted by molar-refractivity contribution is 5.43. The normalized spacial score (nSPS) is 18.8. The molecule has 0 radical (unpaired) electrons. The van der Waals surface area contributed by atoms with Gasteiger partial charge in [-0.3, -0.25) is 4.90 Å². The van der Waals surface area contributed by atoms with Crippen molar-refractivity contribution in [1.29, 1.82) is 0 Å². The molecule has 0 bridgehead atoms. The number of hydrogen-bond donors (Lipinski definition) is 0. The van der Waals surface area contributed by atoms with Gasteiger partial charge in [0.1, 0.15) is 13.2 Å². The Labute approximate surface area is 127 Å². The number of hydrogen-bond acceptors (Lipinski definition) is 3. The zero-order valence-corrected chi connectivity index (χ0v) is 12.9. The van der Waals surface area contributed by atoms with Gasteiger partial charge < -0.3 is 9.47 Å². The van der Waals surface area contributed by atoms with E-state index in [-0.39, 0.29) is 0 Å². The highest BCUT2D eigenvalue weighted by Gasteiger charge is 2.13. The molecule has 1 aromatic rings. The molecule has 1 aliphatic heterocycles. The molecule has 0 amide bonds. The van der Waals surface area contributed by atoms with Crippen LogP contribution >= 0.6 is 0 Å². The molecule has 1 aliphatic carbocycles. The molecule has 21 heavy (non-hydrogen) atoms. The van der Waals surface area contributed by atoms with E-state index < -0.39 is 0 Å². The topological polar surface area (TPSA) is 21.7 Å². The minimum Gasteiger partial charge on any atom is -0.486 e. The quantitative estimate of drug-likeness (QED) is 0.772. The number of fused-ring (bicyclic) bond motifs is 1. The standard InChI is InChI=1S/C18H25NO2/c1-19(10-4-7-15-5-2-3-6-15)14-16-8-9-17-18(13-16)21-12-11-20-17/h4,7-9,13,15H,2-3,5-6,10-12,14H2,1H3. The lowest BCUT2D eigenvalue weighted by Gasteiger charge is -2.20. The average Bonchev–Trinajstić information content (AvgIpc) is 3.00. The molecule has 114 valence electrons. The van der Waals surface area contributed by atoms with Crippen LogP contribution < -0.4 is 9.47 Å². The van der Waals surface area contributed by atoms with Gasteiger partial charge in [-0.2, -0.15) is 0 Å². The van der Waals surface area contributed by atoms with Crippen LogP contribution in [0.5, 0.6) is 11.5 Å². The molecule has 0 spiro atoms. The number of nitrogens with zero attached hydrogens (tertiary/aromatic N) is 1. The second-order valence-electron chi connectivity index (χ2n) is 6.15. The fourth-order valence-electron chi connectivity index (χ4n) is 3.15. The van der Waals surface area contributed by atoms with Gasteiger partial charge in [0.15, 0.2) is 11.5 Å². The predicted octanol–water partition coefficient (Wildman–Crippen LogP) is 3.64. The summed E-state index contributed by atoms with van der Waals surface area (Å²) in [7, 11) is 2.16. The van der Waals surface area contributed by atoms with Crippen LogP contribution in [0.1, 0.15) is 31.2 Å². The molecule has 1 saturated carbocycles. The smallest absolute Gasteiger partial charge is 0.161 e. The summed E-state index contributed by atoms with van der Waals surface area (Å²) in [6, 6.07) is 6.25. The molecule has 3 nitrogen and oxygen atoms in total. The molecular formula is C18H25NO2. The zero-order valence-electron chi connectivity index (χ0n) is 12.9. The minimum atomic E-state index is 0.649. The zero-order chi connectivity index (χ0) is 14.5. The summed E-state index contributed by atoms with van der Waals surface area (Å²) in [5.41, 5.74) is 1.27. The predicted molar refractivity (Wildman–Crippen MR) is 84.9 cm³/mol. The SMILES string of the molecule is CN(CC=CC1CCCC1)Cc1ccc2c(c1)OCCO2. The Bertz CT molecular complexity index is 492. The maximum absolute atomic E-state index is 5.64. The van der Waals surface area contributed by atoms with E-state index in [0.717, 1.165) is 30.5 Å². The first-order chi connectivity index (χ1) is 10.3. The fourth-order valence-corrected chi connectivity index (χ4v) is 3.15. The summed E-state index contributed by atoms with van der Waals surface area (Å²) in [6.45, 7) is 3.24. The molecule has 0 unspecified atom stereocenters. The summed E-state index contributed by atoms with van der Waals surface area (Å²) in [4.78, 5) is 2.33. The van der Waals surface area contributed by atoms with Crippen molar-refractivity contribution in [3.63, 3.8) is 0 Å². The number of allylic oxidation sites excluding steroid dienone is 1. The van der Waals surface area contributed by atoms with Crippen molar-refractivity contribution >= 4 is 0 Å². The largest absolute Gasteiger partial charge is 0.486 e. The number of benzene rings is 1. The van der Waals surface area contributed by atoms with E-state index in [4.69, 9.17) is 9.47 Å². The maximum atomic E-state index is 5.64. The first-order valence-corrected chi connectivity index (χ1v) is 8.05. The Morgan fingerprint density at radius 2 is 1.90 bits per heavy atom. The summed E-state index contributed by atoms with van der Waals surface area (Å²) in [5.74, 6) is 2.58. The molecule has 0 aromatic heterocycles. The van der Waals surface area contributed by atoms with Crippen LogP contribution in [-0.2, 0) is 6.54 Å². The monoisotopic (exact) mass is 287 g/mol. The minimum absolute atomic E-state index is 0.649. The van der Waals surface area contributed by atoms with Gasteiger partial charge in [0.2, 0.25) is 0 Å². The van der Waals surface area contributed by atoms with E-state index in [1.807, 2.05) is 6.07 Å². The van der Waals surface area contributed by atoms with Crippen molar-refractivity contribution < 1.29 is 9.47 Å². The van der Waals surface area contributed by atoms with Gasteiger partial charge in [-0.25, -0.2) is 0 Å². The van der Waals surface area contributed by atoms with Crippen LogP contribution in [0.4, 0.5) is 0 Å². The van der Waals surface area contributed by atoms with Crippen LogP contribution in [0, 0.1) is 5.92 Å². The van der Waals surface area contributed by atoms with Gasteiger partial charge in [0, 0.05) is 13.1 Å². The Morgan fingerprint density at radius 1 is 1.14 bits per heavy atom. The molecule has 0 saturated heterocycles. The highest BCUT2D eigenvalue weighted by atomic mass is 16.6. The van der Waals surface area contributed by atoms with E-state index in [1.165, 1.54) is 31.2 Å². The van der Waals surface area contributed by atoms with Crippen molar-refractivity contribution in [3.05, 3.63) is 35.9 Å². The summed E-state index contributed by atoms with van der Waals surface area (Å²) >= 11 is 0.